The van der Waals surface area contributed by atoms with Gasteiger partial charge in [-0.15, -0.1) is 0 Å². The molecule has 0 radical (unpaired) electrons. The van der Waals surface area contributed by atoms with Crippen LogP contribution < -0.4 is 4.72 Å². The molecule has 1 heterocycles. The van der Waals surface area contributed by atoms with Crippen LogP contribution in [0.3, 0.4) is 0 Å². The molecule has 0 bridgehead atoms. The average molecular weight is 420 g/mol. The Labute approximate surface area is 155 Å². The normalized spacial score (nSPS) is 12.9. The molecule has 0 unspecified atom stereocenters. The van der Waals surface area contributed by atoms with Gasteiger partial charge < -0.3 is 4.57 Å². The second kappa shape index (κ2) is 7.11. The standard InChI is InChI=1S/C18H18BrN3O2S/c1-13-11-17(7-8-18(13)19)25(23,24)21-14(2)15-3-5-16(6-4-15)22-10-9-20-12-22/h3-12,14,21H,1-2H3/t14-/m0/s1. The summed E-state index contributed by atoms with van der Waals surface area (Å²) in [5, 5.41) is 0. The van der Waals surface area contributed by atoms with Crippen molar-refractivity contribution in [2.45, 2.75) is 24.8 Å². The average Bonchev–Trinajstić information content (AvgIpc) is 3.11. The van der Waals surface area contributed by atoms with Gasteiger partial charge in [0, 0.05) is 28.6 Å². The molecule has 0 aliphatic carbocycles. The molecule has 5 nitrogen and oxygen atoms in total. The molecule has 0 saturated heterocycles. The van der Waals surface area contributed by atoms with E-state index in [1.165, 1.54) is 0 Å². The number of imidazole rings is 1. The summed E-state index contributed by atoms with van der Waals surface area (Å²) in [6, 6.07) is 12.3. The molecule has 0 amide bonds. The fourth-order valence-corrected chi connectivity index (χ4v) is 4.06. The Balaban J connectivity index is 1.78. The first-order valence-corrected chi connectivity index (χ1v) is 10.0. The molecule has 0 saturated carbocycles. The zero-order valence-electron chi connectivity index (χ0n) is 13.8. The monoisotopic (exact) mass is 419 g/mol. The van der Waals surface area contributed by atoms with Gasteiger partial charge in [-0.2, -0.15) is 0 Å². The predicted octanol–water partition coefficient (Wildman–Crippen LogP) is 3.98. The Kier molecular flexibility index (Phi) is 5.08. The van der Waals surface area contributed by atoms with Gasteiger partial charge in [0.2, 0.25) is 10.0 Å². The largest absolute Gasteiger partial charge is 0.306 e. The molecule has 0 fully saturated rings. The Bertz CT molecular complexity index is 968. The van der Waals surface area contributed by atoms with E-state index in [9.17, 15) is 8.42 Å². The first kappa shape index (κ1) is 17.8. The predicted molar refractivity (Wildman–Crippen MR) is 101 cm³/mol. The number of rotatable bonds is 5. The van der Waals surface area contributed by atoms with Gasteiger partial charge in [-0.25, -0.2) is 18.1 Å². The highest BCUT2D eigenvalue weighted by Crippen LogP contribution is 2.22. The van der Waals surface area contributed by atoms with Gasteiger partial charge in [0.15, 0.2) is 0 Å². The van der Waals surface area contributed by atoms with Crippen LogP contribution in [0.25, 0.3) is 5.69 Å². The second-order valence-corrected chi connectivity index (χ2v) is 8.38. The molecule has 0 spiro atoms. The minimum absolute atomic E-state index is 0.259. The van der Waals surface area contributed by atoms with Crippen molar-refractivity contribution in [3.05, 3.63) is 76.8 Å². The van der Waals surface area contributed by atoms with E-state index in [1.807, 2.05) is 48.9 Å². The van der Waals surface area contributed by atoms with Gasteiger partial charge in [-0.3, -0.25) is 0 Å². The van der Waals surface area contributed by atoms with Crippen LogP contribution in [0.2, 0.25) is 0 Å². The topological polar surface area (TPSA) is 64.0 Å². The van der Waals surface area contributed by atoms with Crippen molar-refractivity contribution in [2.24, 2.45) is 0 Å². The van der Waals surface area contributed by atoms with Crippen molar-refractivity contribution in [3.8, 4) is 5.69 Å². The smallest absolute Gasteiger partial charge is 0.241 e. The number of benzene rings is 2. The van der Waals surface area contributed by atoms with E-state index in [4.69, 9.17) is 0 Å². The summed E-state index contributed by atoms with van der Waals surface area (Å²) in [6.45, 7) is 3.69. The van der Waals surface area contributed by atoms with E-state index in [1.54, 1.807) is 30.7 Å². The molecular formula is C18H18BrN3O2S. The van der Waals surface area contributed by atoms with E-state index < -0.39 is 10.0 Å². The maximum absolute atomic E-state index is 12.6. The molecule has 0 aliphatic heterocycles. The maximum Gasteiger partial charge on any atom is 0.241 e. The van der Waals surface area contributed by atoms with Gasteiger partial charge in [0.1, 0.15) is 0 Å². The van der Waals surface area contributed by atoms with Crippen molar-refractivity contribution in [1.29, 1.82) is 0 Å². The first-order chi connectivity index (χ1) is 11.9. The lowest BCUT2D eigenvalue weighted by atomic mass is 10.1. The third-order valence-corrected chi connectivity index (χ3v) is 6.40. The first-order valence-electron chi connectivity index (χ1n) is 7.73. The van der Waals surface area contributed by atoms with Crippen molar-refractivity contribution in [2.75, 3.05) is 0 Å². The van der Waals surface area contributed by atoms with Crippen LogP contribution in [-0.2, 0) is 10.0 Å². The molecular weight excluding hydrogens is 402 g/mol. The number of halogens is 1. The number of nitrogens with one attached hydrogen (secondary N) is 1. The SMILES string of the molecule is Cc1cc(S(=O)(=O)N[C@@H](C)c2ccc(-n3ccnc3)cc2)ccc1Br. The number of sulfonamides is 1. The van der Waals surface area contributed by atoms with Crippen molar-refractivity contribution in [1.82, 2.24) is 14.3 Å². The maximum atomic E-state index is 12.6. The van der Waals surface area contributed by atoms with Crippen molar-refractivity contribution in [3.63, 3.8) is 0 Å². The highest BCUT2D eigenvalue weighted by atomic mass is 79.9. The Morgan fingerprint density at radius 2 is 1.88 bits per heavy atom. The van der Waals surface area contributed by atoms with Crippen LogP contribution in [0.5, 0.6) is 0 Å². The van der Waals surface area contributed by atoms with Crippen LogP contribution >= 0.6 is 15.9 Å². The second-order valence-electron chi connectivity index (χ2n) is 5.82. The number of hydrogen-bond acceptors (Lipinski definition) is 3. The summed E-state index contributed by atoms with van der Waals surface area (Å²) < 4.78 is 30.7. The zero-order valence-corrected chi connectivity index (χ0v) is 16.3. The van der Waals surface area contributed by atoms with Gasteiger partial charge in [0.05, 0.1) is 11.2 Å². The molecule has 0 aliphatic rings. The Hall–Kier alpha value is -1.96. The van der Waals surface area contributed by atoms with Gasteiger partial charge in [-0.05, 0) is 55.3 Å². The highest BCUT2D eigenvalue weighted by molar-refractivity contribution is 9.10. The molecule has 3 aromatic rings. The summed E-state index contributed by atoms with van der Waals surface area (Å²) in [5.74, 6) is 0. The summed E-state index contributed by atoms with van der Waals surface area (Å²) in [6.07, 6.45) is 5.29. The molecule has 3 rings (SSSR count). The summed E-state index contributed by atoms with van der Waals surface area (Å²) in [7, 11) is -3.59. The van der Waals surface area contributed by atoms with E-state index in [-0.39, 0.29) is 10.9 Å². The van der Waals surface area contributed by atoms with Gasteiger partial charge in [0.25, 0.3) is 0 Å². The summed E-state index contributed by atoms with van der Waals surface area (Å²) >= 11 is 3.39. The van der Waals surface area contributed by atoms with E-state index in [0.717, 1.165) is 21.3 Å². The highest BCUT2D eigenvalue weighted by Gasteiger charge is 2.19. The van der Waals surface area contributed by atoms with Crippen LogP contribution in [-0.4, -0.2) is 18.0 Å². The molecule has 1 N–H and O–H groups in total. The third-order valence-electron chi connectivity index (χ3n) is 3.97. The molecule has 2 aromatic carbocycles. The number of hydrogen-bond donors (Lipinski definition) is 1. The third kappa shape index (κ3) is 4.00. The molecule has 7 heteroatoms. The lowest BCUT2D eigenvalue weighted by Crippen LogP contribution is -2.27. The minimum Gasteiger partial charge on any atom is -0.306 e. The number of aromatic nitrogens is 2. The van der Waals surface area contributed by atoms with E-state index in [2.05, 4.69) is 25.6 Å². The minimum atomic E-state index is -3.59. The Morgan fingerprint density at radius 3 is 2.48 bits per heavy atom. The van der Waals surface area contributed by atoms with Crippen molar-refractivity contribution < 1.29 is 8.42 Å². The molecule has 1 aromatic heterocycles. The van der Waals surface area contributed by atoms with Crippen LogP contribution in [0.4, 0.5) is 0 Å². The fraction of sp³-hybridized carbons (Fsp3) is 0.167. The number of aryl methyl sites for hydroxylation is 1. The number of nitrogens with zero attached hydrogens (tertiary/aromatic N) is 2. The lowest BCUT2D eigenvalue weighted by molar-refractivity contribution is 0.567. The molecule has 130 valence electrons. The van der Waals surface area contributed by atoms with Gasteiger partial charge in [-0.1, -0.05) is 28.1 Å². The summed E-state index contributed by atoms with van der Waals surface area (Å²) in [5.41, 5.74) is 2.74. The van der Waals surface area contributed by atoms with Crippen LogP contribution in [0.1, 0.15) is 24.1 Å². The molecule has 25 heavy (non-hydrogen) atoms. The van der Waals surface area contributed by atoms with Crippen LogP contribution in [0.15, 0.2) is 70.6 Å². The summed E-state index contributed by atoms with van der Waals surface area (Å²) in [4.78, 5) is 4.28. The van der Waals surface area contributed by atoms with E-state index in [0.29, 0.717) is 0 Å². The fourth-order valence-electron chi connectivity index (χ4n) is 2.50. The Morgan fingerprint density at radius 1 is 1.16 bits per heavy atom. The van der Waals surface area contributed by atoms with Crippen molar-refractivity contribution >= 4 is 26.0 Å². The zero-order chi connectivity index (χ0) is 18.0. The van der Waals surface area contributed by atoms with Gasteiger partial charge >= 0.3 is 0 Å². The quantitative estimate of drug-likeness (QED) is 0.679. The lowest BCUT2D eigenvalue weighted by Gasteiger charge is -2.16. The van der Waals surface area contributed by atoms with E-state index >= 15 is 0 Å². The van der Waals surface area contributed by atoms with Crippen LogP contribution in [0, 0.1) is 6.92 Å². The molecule has 1 atom stereocenters.